The van der Waals surface area contributed by atoms with Crippen LogP contribution in [0.25, 0.3) is 0 Å². The van der Waals surface area contributed by atoms with Crippen LogP contribution in [0, 0.1) is 11.8 Å². The largest absolute Gasteiger partial charge is 0.465 e. The van der Waals surface area contributed by atoms with E-state index in [0.717, 1.165) is 64.4 Å². The average Bonchev–Trinajstić information content (AvgIpc) is 3.51. The Balaban J connectivity index is 1.57. The first-order valence-electron chi connectivity index (χ1n) is 15.9. The van der Waals surface area contributed by atoms with Crippen molar-refractivity contribution in [1.82, 2.24) is 0 Å². The lowest BCUT2D eigenvalue weighted by Gasteiger charge is -2.38. The molecule has 1 aliphatic heterocycles. The Bertz CT molecular complexity index is 985. The van der Waals surface area contributed by atoms with Gasteiger partial charge in [0.15, 0.2) is 14.6 Å². The van der Waals surface area contributed by atoms with Crippen LogP contribution in [0.1, 0.15) is 100 Å². The summed E-state index contributed by atoms with van der Waals surface area (Å²) >= 11 is 8.46. The number of rotatable bonds is 15. The highest BCUT2D eigenvalue weighted by Gasteiger charge is 2.43. The van der Waals surface area contributed by atoms with Crippen molar-refractivity contribution in [3.63, 3.8) is 0 Å². The molecule has 0 spiro atoms. The van der Waals surface area contributed by atoms with Gasteiger partial charge in [0.1, 0.15) is 4.88 Å². The van der Waals surface area contributed by atoms with Crippen molar-refractivity contribution in [2.75, 3.05) is 13.7 Å². The minimum absolute atomic E-state index is 0.00712. The number of carbonyl (C=O) groups excluding carboxylic acids is 1. The molecule has 1 saturated carbocycles. The fourth-order valence-corrected chi connectivity index (χ4v) is 8.73. The quantitative estimate of drug-likeness (QED) is 0.0895. The first kappa shape index (κ1) is 35.7. The third-order valence-electron chi connectivity index (χ3n) is 9.29. The summed E-state index contributed by atoms with van der Waals surface area (Å²) < 4.78 is 23.7. The Morgan fingerprint density at radius 2 is 2.00 bits per heavy atom. The van der Waals surface area contributed by atoms with Crippen molar-refractivity contribution < 1.29 is 28.5 Å². The predicted octanol–water partition coefficient (Wildman–Crippen LogP) is 8.51. The van der Waals surface area contributed by atoms with E-state index in [9.17, 15) is 9.90 Å². The molecule has 1 unspecified atom stereocenters. The summed E-state index contributed by atoms with van der Waals surface area (Å²) in [4.78, 5) is 13.6. The van der Waals surface area contributed by atoms with Crippen LogP contribution in [0.3, 0.4) is 0 Å². The molecule has 3 rings (SSSR count). The van der Waals surface area contributed by atoms with Crippen LogP contribution >= 0.6 is 22.9 Å². The maximum atomic E-state index is 11.8. The zero-order valence-corrected chi connectivity index (χ0v) is 29.5. The topological polar surface area (TPSA) is 74.2 Å². The van der Waals surface area contributed by atoms with Crippen LogP contribution in [0.2, 0.25) is 18.1 Å². The first-order valence-corrected chi connectivity index (χ1v) is 20.1. The number of hydrogen-bond acceptors (Lipinski definition) is 7. The molecule has 6 nitrogen and oxygen atoms in total. The van der Waals surface area contributed by atoms with Gasteiger partial charge in [-0.2, -0.15) is 0 Å². The van der Waals surface area contributed by atoms with E-state index in [0.29, 0.717) is 11.3 Å². The Hall–Kier alpha value is -0.743. The molecular formula is C33H55ClO6SSi. The maximum absolute atomic E-state index is 11.8. The minimum Gasteiger partial charge on any atom is -0.465 e. The number of alkyl halides is 1. The maximum Gasteiger partial charge on any atom is 0.348 e. The van der Waals surface area contributed by atoms with Gasteiger partial charge in [-0.3, -0.25) is 0 Å². The fourth-order valence-electron chi connectivity index (χ4n) is 5.81. The lowest BCUT2D eigenvalue weighted by molar-refractivity contribution is -0.192. The van der Waals surface area contributed by atoms with Gasteiger partial charge in [-0.15, -0.1) is 22.9 Å². The van der Waals surface area contributed by atoms with Crippen molar-refractivity contribution in [3.05, 3.63) is 34.0 Å². The number of hydrogen-bond donors (Lipinski definition) is 1. The van der Waals surface area contributed by atoms with E-state index in [1.807, 2.05) is 18.2 Å². The molecular weight excluding hydrogens is 588 g/mol. The number of carbonyl (C=O) groups is 1. The monoisotopic (exact) mass is 642 g/mol. The van der Waals surface area contributed by atoms with Crippen LogP contribution < -0.4 is 0 Å². The molecule has 2 heterocycles. The van der Waals surface area contributed by atoms with Crippen molar-refractivity contribution in [2.24, 2.45) is 11.8 Å². The molecule has 1 N–H and O–H groups in total. The Kier molecular flexibility index (Phi) is 14.1. The van der Waals surface area contributed by atoms with E-state index in [1.165, 1.54) is 23.3 Å². The molecule has 1 aromatic heterocycles. The summed E-state index contributed by atoms with van der Waals surface area (Å²) in [5, 5.41) is 11.1. The van der Waals surface area contributed by atoms with Crippen molar-refractivity contribution in [3.8, 4) is 0 Å². The molecule has 7 atom stereocenters. The number of aliphatic hydroxyl groups excluding tert-OH is 1. The summed E-state index contributed by atoms with van der Waals surface area (Å²) in [6.45, 7) is 14.3. The molecule has 2 fully saturated rings. The van der Waals surface area contributed by atoms with E-state index in [1.54, 1.807) is 0 Å². The second-order valence-corrected chi connectivity index (χ2v) is 20.2. The zero-order chi connectivity index (χ0) is 30.9. The van der Waals surface area contributed by atoms with Gasteiger partial charge >= 0.3 is 5.97 Å². The summed E-state index contributed by atoms with van der Waals surface area (Å²) in [6, 6.07) is 3.86. The SMILES string of the molecule is COC(=O)c1ccc(CCC[C@@H]2[C@@H](/C=C/[C@@H](O)CCC[C@H](C)O[Si](C)(C)C(C)(C)C)[C@H](OC3CCCCO3)C[C@H]2Cl)s1. The van der Waals surface area contributed by atoms with Crippen molar-refractivity contribution >= 4 is 37.2 Å². The second-order valence-electron chi connectivity index (χ2n) is 13.7. The molecule has 2 aliphatic rings. The van der Waals surface area contributed by atoms with Crippen LogP contribution in [0.4, 0.5) is 0 Å². The van der Waals surface area contributed by atoms with Gasteiger partial charge in [-0.25, -0.2) is 4.79 Å². The number of aryl methyl sites for hydroxylation is 1. The van der Waals surface area contributed by atoms with Crippen LogP contribution in [0.5, 0.6) is 0 Å². The lowest BCUT2D eigenvalue weighted by atomic mass is 9.88. The van der Waals surface area contributed by atoms with Gasteiger partial charge in [-0.05, 0) is 107 Å². The fraction of sp³-hybridized carbons (Fsp3) is 0.788. The molecule has 0 radical (unpaired) electrons. The van der Waals surface area contributed by atoms with Gasteiger partial charge in [0.2, 0.25) is 0 Å². The first-order chi connectivity index (χ1) is 19.8. The molecule has 0 aromatic carbocycles. The van der Waals surface area contributed by atoms with E-state index in [-0.39, 0.29) is 46.7 Å². The third-order valence-corrected chi connectivity index (χ3v) is 15.5. The van der Waals surface area contributed by atoms with E-state index >= 15 is 0 Å². The molecule has 0 bridgehead atoms. The normalized spacial score (nSPS) is 26.9. The Morgan fingerprint density at radius 3 is 2.67 bits per heavy atom. The standard InChI is InChI=1S/C33H55ClO6SSi/c1-23(40-42(6,7)33(2,3)4)12-10-13-24(35)17-19-27-26(15-11-14-25-18-20-30(41-25)32(36)37-5)28(34)22-29(27)39-31-16-8-9-21-38-31/h17-20,23-24,26-29,31,35H,8-16,21-22H2,1-7H3/b19-17+/t23-,24-,26+,27+,28+,29+,31?/m0/s1. The van der Waals surface area contributed by atoms with Gasteiger partial charge in [0, 0.05) is 28.9 Å². The number of halogens is 1. The van der Waals surface area contributed by atoms with Crippen molar-refractivity contribution in [2.45, 2.75) is 140 Å². The summed E-state index contributed by atoms with van der Waals surface area (Å²) in [7, 11) is -0.379. The molecule has 42 heavy (non-hydrogen) atoms. The molecule has 0 amide bonds. The summed E-state index contributed by atoms with van der Waals surface area (Å²) in [5.74, 6) is 0.0957. The van der Waals surface area contributed by atoms with Crippen molar-refractivity contribution in [1.29, 1.82) is 0 Å². The zero-order valence-electron chi connectivity index (χ0n) is 26.9. The number of thiophene rings is 1. The molecule has 1 saturated heterocycles. The average molecular weight is 643 g/mol. The molecule has 9 heteroatoms. The van der Waals surface area contributed by atoms with Gasteiger partial charge < -0.3 is 23.7 Å². The predicted molar refractivity (Wildman–Crippen MR) is 175 cm³/mol. The highest BCUT2D eigenvalue weighted by atomic mass is 35.5. The lowest BCUT2D eigenvalue weighted by Crippen LogP contribution is -2.43. The Morgan fingerprint density at radius 1 is 1.24 bits per heavy atom. The number of aliphatic hydroxyl groups is 1. The molecule has 1 aromatic rings. The highest BCUT2D eigenvalue weighted by Crippen LogP contribution is 2.43. The number of ether oxygens (including phenoxy) is 3. The van der Waals surface area contributed by atoms with E-state index in [4.69, 9.17) is 30.2 Å². The molecule has 240 valence electrons. The van der Waals surface area contributed by atoms with Crippen LogP contribution in [-0.2, 0) is 25.1 Å². The Labute approximate surface area is 264 Å². The molecule has 1 aliphatic carbocycles. The van der Waals surface area contributed by atoms with Gasteiger partial charge in [0.25, 0.3) is 0 Å². The van der Waals surface area contributed by atoms with Crippen LogP contribution in [0.15, 0.2) is 24.3 Å². The summed E-state index contributed by atoms with van der Waals surface area (Å²) in [5.41, 5.74) is 0. The highest BCUT2D eigenvalue weighted by molar-refractivity contribution is 7.13. The third kappa shape index (κ3) is 10.7. The minimum atomic E-state index is -1.79. The number of methoxy groups -OCH3 is 1. The van der Waals surface area contributed by atoms with E-state index < -0.39 is 14.4 Å². The van der Waals surface area contributed by atoms with E-state index in [2.05, 4.69) is 46.9 Å². The second kappa shape index (κ2) is 16.5. The van der Waals surface area contributed by atoms with Crippen LogP contribution in [-0.4, -0.2) is 63.1 Å². The smallest absolute Gasteiger partial charge is 0.348 e. The number of esters is 1. The summed E-state index contributed by atoms with van der Waals surface area (Å²) in [6.07, 6.45) is 12.9. The van der Waals surface area contributed by atoms with Gasteiger partial charge in [-0.1, -0.05) is 32.9 Å². The van der Waals surface area contributed by atoms with Gasteiger partial charge in [0.05, 0.1) is 19.3 Å².